The molecule has 4 aromatic rings. The summed E-state index contributed by atoms with van der Waals surface area (Å²) in [7, 11) is 0. The van der Waals surface area contributed by atoms with Crippen LogP contribution in [0.2, 0.25) is 0 Å². The predicted molar refractivity (Wildman–Crippen MR) is 129 cm³/mol. The van der Waals surface area contributed by atoms with Gasteiger partial charge in [-0.05, 0) is 40.5 Å². The van der Waals surface area contributed by atoms with E-state index in [9.17, 15) is 9.90 Å². The van der Waals surface area contributed by atoms with Crippen molar-refractivity contribution in [2.45, 2.75) is 6.42 Å². The average molecular weight is 462 g/mol. The van der Waals surface area contributed by atoms with Crippen molar-refractivity contribution < 1.29 is 14.7 Å². The Morgan fingerprint density at radius 1 is 1.06 bits per heavy atom. The molecule has 0 fully saturated rings. The van der Waals surface area contributed by atoms with Crippen molar-refractivity contribution in [2.75, 3.05) is 13.2 Å². The van der Waals surface area contributed by atoms with Gasteiger partial charge in [0.05, 0.1) is 10.6 Å². The van der Waals surface area contributed by atoms with E-state index >= 15 is 0 Å². The van der Waals surface area contributed by atoms with E-state index in [1.165, 1.54) is 0 Å². The summed E-state index contributed by atoms with van der Waals surface area (Å²) in [5.41, 5.74) is 7.55. The summed E-state index contributed by atoms with van der Waals surface area (Å²) in [6.07, 6.45) is 4.06. The third-order valence-electron chi connectivity index (χ3n) is 4.87. The number of hydrogen-bond donors (Lipinski definition) is 3. The maximum absolute atomic E-state index is 11.3. The fourth-order valence-corrected chi connectivity index (χ4v) is 3.91. The molecule has 2 aromatic heterocycles. The van der Waals surface area contributed by atoms with E-state index in [0.29, 0.717) is 36.0 Å². The van der Waals surface area contributed by atoms with Gasteiger partial charge in [-0.1, -0.05) is 60.4 Å². The topological polar surface area (TPSA) is 96.5 Å². The number of ether oxygens (including phenoxy) is 1. The van der Waals surface area contributed by atoms with Gasteiger partial charge < -0.3 is 9.84 Å². The Balaban J connectivity index is 1.18. The fourth-order valence-electron chi connectivity index (χ4n) is 3.16. The molecule has 2 heterocycles. The number of benzene rings is 2. The lowest BCUT2D eigenvalue weighted by Crippen LogP contribution is -2.17. The number of aromatic hydroxyl groups is 1. The van der Waals surface area contributed by atoms with Crippen molar-refractivity contribution in [3.63, 3.8) is 0 Å². The summed E-state index contributed by atoms with van der Waals surface area (Å²) in [5, 5.41) is 9.69. The highest BCUT2D eigenvalue weighted by atomic mass is 32.1. The minimum Gasteiger partial charge on any atom is -0.494 e. The maximum atomic E-state index is 11.3. The number of rotatable bonds is 10. The molecule has 0 aliphatic rings. The van der Waals surface area contributed by atoms with Crippen molar-refractivity contribution in [3.8, 4) is 22.8 Å². The van der Waals surface area contributed by atoms with E-state index in [2.05, 4.69) is 22.0 Å². The molecule has 0 aliphatic carbocycles. The Kier molecular flexibility index (Phi) is 7.19. The number of hydrogen-bond acceptors (Lipinski definition) is 7. The van der Waals surface area contributed by atoms with Crippen LogP contribution < -0.4 is 15.1 Å². The number of pyridine rings is 1. The first-order valence-corrected chi connectivity index (χ1v) is 11.1. The molecule has 0 atom stereocenters. The maximum Gasteiger partial charge on any atom is 0.307 e. The highest BCUT2D eigenvalue weighted by Crippen LogP contribution is 2.22. The lowest BCUT2D eigenvalue weighted by Gasteiger charge is -2.11. The van der Waals surface area contributed by atoms with Crippen LogP contribution in [-0.4, -0.2) is 28.3 Å². The Labute approximate surface area is 195 Å². The Bertz CT molecular complexity index is 1250. The molecule has 0 unspecified atom stereocenters. The summed E-state index contributed by atoms with van der Waals surface area (Å²) in [6.45, 7) is 4.70. The third kappa shape index (κ3) is 6.09. The molecule has 0 aliphatic heterocycles. The van der Waals surface area contributed by atoms with Crippen LogP contribution in [0.3, 0.4) is 0 Å². The summed E-state index contributed by atoms with van der Waals surface area (Å²) >= 11 is 1.01. The standard InChI is InChI=1S/C25H23N3O4S/c1-17(19-6-8-20(9-7-19)21-3-2-12-26-16-21)28-32-14-13-31-22-10-4-18(5-11-22)15-23-24(29)27-25(30)33-23/h2-12,16,28-29H,1,13-15H2,(H,27,30). The number of aromatic amines is 1. The lowest BCUT2D eigenvalue weighted by atomic mass is 10.0. The molecule has 0 saturated heterocycles. The Morgan fingerprint density at radius 3 is 2.52 bits per heavy atom. The van der Waals surface area contributed by atoms with E-state index in [1.807, 2.05) is 66.9 Å². The van der Waals surface area contributed by atoms with Crippen LogP contribution in [0.1, 0.15) is 16.0 Å². The molecule has 0 saturated carbocycles. The normalized spacial score (nSPS) is 10.7. The molecule has 8 heteroatoms. The monoisotopic (exact) mass is 461 g/mol. The predicted octanol–water partition coefficient (Wildman–Crippen LogP) is 4.37. The summed E-state index contributed by atoms with van der Waals surface area (Å²) in [5.74, 6) is 0.639. The quantitative estimate of drug-likeness (QED) is 0.240. The number of H-pyrrole nitrogens is 1. The van der Waals surface area contributed by atoms with Crippen LogP contribution in [0.15, 0.2) is 84.4 Å². The minimum absolute atomic E-state index is 0.0685. The van der Waals surface area contributed by atoms with Gasteiger partial charge in [-0.3, -0.25) is 25.1 Å². The van der Waals surface area contributed by atoms with E-state index in [1.54, 1.807) is 6.20 Å². The van der Waals surface area contributed by atoms with Crippen LogP contribution in [0.4, 0.5) is 0 Å². The zero-order valence-corrected chi connectivity index (χ0v) is 18.6. The number of aromatic nitrogens is 2. The summed E-state index contributed by atoms with van der Waals surface area (Å²) in [4.78, 5) is 23.6. The van der Waals surface area contributed by atoms with Gasteiger partial charge in [0.15, 0.2) is 0 Å². The van der Waals surface area contributed by atoms with Gasteiger partial charge in [-0.15, -0.1) is 0 Å². The van der Waals surface area contributed by atoms with Crippen molar-refractivity contribution in [3.05, 3.63) is 105 Å². The van der Waals surface area contributed by atoms with Gasteiger partial charge >= 0.3 is 4.87 Å². The molecule has 0 amide bonds. The van der Waals surface area contributed by atoms with Gasteiger partial charge in [0.2, 0.25) is 5.88 Å². The molecule has 2 aromatic carbocycles. The molecule has 168 valence electrons. The second-order valence-electron chi connectivity index (χ2n) is 7.20. The van der Waals surface area contributed by atoms with E-state index in [0.717, 1.165) is 33.6 Å². The first-order valence-electron chi connectivity index (χ1n) is 10.3. The first kappa shape index (κ1) is 22.3. The van der Waals surface area contributed by atoms with Crippen LogP contribution in [0.25, 0.3) is 16.8 Å². The van der Waals surface area contributed by atoms with Crippen LogP contribution >= 0.6 is 11.3 Å². The SMILES string of the molecule is C=C(NOCCOc1ccc(Cc2sc(=O)[nH]c2O)cc1)c1ccc(-c2cccnc2)cc1. The van der Waals surface area contributed by atoms with Crippen molar-refractivity contribution in [1.29, 1.82) is 0 Å². The number of hydroxylamine groups is 1. The van der Waals surface area contributed by atoms with Crippen molar-refractivity contribution in [1.82, 2.24) is 15.4 Å². The molecule has 3 N–H and O–H groups in total. The van der Waals surface area contributed by atoms with Crippen LogP contribution in [-0.2, 0) is 11.3 Å². The molecule has 0 radical (unpaired) electrons. The smallest absolute Gasteiger partial charge is 0.307 e. The van der Waals surface area contributed by atoms with Crippen molar-refractivity contribution >= 4 is 17.0 Å². The molecule has 7 nitrogen and oxygen atoms in total. The van der Waals surface area contributed by atoms with Gasteiger partial charge in [0, 0.05) is 18.8 Å². The second kappa shape index (κ2) is 10.6. The fraction of sp³-hybridized carbons (Fsp3) is 0.120. The highest BCUT2D eigenvalue weighted by molar-refractivity contribution is 7.09. The largest absolute Gasteiger partial charge is 0.494 e. The number of nitrogens with zero attached hydrogens (tertiary/aromatic N) is 1. The van der Waals surface area contributed by atoms with Gasteiger partial charge in [-0.25, -0.2) is 0 Å². The van der Waals surface area contributed by atoms with Gasteiger partial charge in [0.1, 0.15) is 19.0 Å². The number of thiazole rings is 1. The van der Waals surface area contributed by atoms with E-state index in [4.69, 9.17) is 9.57 Å². The molecule has 0 spiro atoms. The molecular weight excluding hydrogens is 438 g/mol. The zero-order valence-electron chi connectivity index (χ0n) is 17.8. The van der Waals surface area contributed by atoms with Crippen molar-refractivity contribution in [2.24, 2.45) is 0 Å². The Hall–Kier alpha value is -3.88. The molecule has 33 heavy (non-hydrogen) atoms. The lowest BCUT2D eigenvalue weighted by molar-refractivity contribution is 0.0541. The first-order chi connectivity index (χ1) is 16.1. The van der Waals surface area contributed by atoms with Gasteiger partial charge in [-0.2, -0.15) is 0 Å². The highest BCUT2D eigenvalue weighted by Gasteiger charge is 2.08. The zero-order chi connectivity index (χ0) is 23.0. The second-order valence-corrected chi connectivity index (χ2v) is 8.27. The van der Waals surface area contributed by atoms with E-state index < -0.39 is 0 Å². The van der Waals surface area contributed by atoms with Crippen LogP contribution in [0, 0.1) is 0 Å². The van der Waals surface area contributed by atoms with Crippen LogP contribution in [0.5, 0.6) is 11.6 Å². The molecule has 4 rings (SSSR count). The van der Waals surface area contributed by atoms with Gasteiger partial charge in [0.25, 0.3) is 0 Å². The molecule has 0 bridgehead atoms. The average Bonchev–Trinajstić information content (AvgIpc) is 3.16. The Morgan fingerprint density at radius 2 is 1.85 bits per heavy atom. The molecular formula is C25H23N3O4S. The number of nitrogens with one attached hydrogen (secondary N) is 2. The minimum atomic E-state index is -0.263. The third-order valence-corrected chi connectivity index (χ3v) is 5.74. The van der Waals surface area contributed by atoms with E-state index in [-0.39, 0.29) is 10.8 Å². The summed E-state index contributed by atoms with van der Waals surface area (Å²) < 4.78 is 5.69. The summed E-state index contributed by atoms with van der Waals surface area (Å²) in [6, 6.07) is 19.4.